The van der Waals surface area contributed by atoms with Gasteiger partial charge in [0.05, 0.1) is 0 Å². The Balaban J connectivity index is 2.06. The smallest absolute Gasteiger partial charge is 0.131 e. The van der Waals surface area contributed by atoms with Gasteiger partial charge in [-0.15, -0.1) is 0 Å². The lowest BCUT2D eigenvalue weighted by molar-refractivity contribution is 0.568. The van der Waals surface area contributed by atoms with Crippen molar-refractivity contribution in [1.82, 2.24) is 10.3 Å². The van der Waals surface area contributed by atoms with Crippen molar-refractivity contribution in [1.29, 1.82) is 0 Å². The van der Waals surface area contributed by atoms with Crippen molar-refractivity contribution >= 4 is 5.82 Å². The van der Waals surface area contributed by atoms with Crippen LogP contribution in [0.25, 0.3) is 0 Å². The average molecular weight is 247 g/mol. The fourth-order valence-corrected chi connectivity index (χ4v) is 2.62. The lowest BCUT2D eigenvalue weighted by Gasteiger charge is -2.28. The first-order valence-electron chi connectivity index (χ1n) is 7.21. The number of anilines is 1. The fourth-order valence-electron chi connectivity index (χ4n) is 2.62. The molecular weight excluding hydrogens is 222 g/mol. The second-order valence-corrected chi connectivity index (χ2v) is 5.24. The van der Waals surface area contributed by atoms with Crippen LogP contribution in [0.3, 0.4) is 0 Å². The zero-order valence-electron chi connectivity index (χ0n) is 11.7. The van der Waals surface area contributed by atoms with Crippen LogP contribution in [0.4, 0.5) is 5.82 Å². The standard InChI is InChI=1S/C15H25N3/c1-3-4-11-18(12-14-8-6-9-16-14)15-13(2)7-5-10-17-15/h5,7,10,14,16H,3-4,6,8-9,11-12H2,1-2H3. The number of unbranched alkanes of at least 4 members (excludes halogenated alkanes) is 1. The van der Waals surface area contributed by atoms with Crippen molar-refractivity contribution < 1.29 is 0 Å². The molecule has 1 saturated heterocycles. The van der Waals surface area contributed by atoms with Gasteiger partial charge in [-0.3, -0.25) is 0 Å². The molecule has 18 heavy (non-hydrogen) atoms. The SMILES string of the molecule is CCCCN(CC1CCCN1)c1ncccc1C. The van der Waals surface area contributed by atoms with E-state index < -0.39 is 0 Å². The summed E-state index contributed by atoms with van der Waals surface area (Å²) >= 11 is 0. The molecule has 0 amide bonds. The van der Waals surface area contributed by atoms with E-state index in [-0.39, 0.29) is 0 Å². The molecule has 1 N–H and O–H groups in total. The minimum atomic E-state index is 0.642. The maximum absolute atomic E-state index is 4.57. The van der Waals surface area contributed by atoms with E-state index in [0.29, 0.717) is 6.04 Å². The second kappa shape index (κ2) is 6.74. The van der Waals surface area contributed by atoms with Gasteiger partial charge in [0.2, 0.25) is 0 Å². The van der Waals surface area contributed by atoms with Crippen molar-refractivity contribution in [2.24, 2.45) is 0 Å². The molecular formula is C15H25N3. The number of hydrogen-bond acceptors (Lipinski definition) is 3. The predicted octanol–water partition coefficient (Wildman–Crippen LogP) is 2.75. The maximum Gasteiger partial charge on any atom is 0.131 e. The van der Waals surface area contributed by atoms with Crippen LogP contribution < -0.4 is 10.2 Å². The number of nitrogens with zero attached hydrogens (tertiary/aromatic N) is 2. The Morgan fingerprint density at radius 2 is 2.39 bits per heavy atom. The molecule has 1 aliphatic heterocycles. The number of nitrogens with one attached hydrogen (secondary N) is 1. The van der Waals surface area contributed by atoms with Gasteiger partial charge in [-0.25, -0.2) is 4.98 Å². The molecule has 2 heterocycles. The van der Waals surface area contributed by atoms with Crippen LogP contribution in [-0.4, -0.2) is 30.7 Å². The number of pyridine rings is 1. The van der Waals surface area contributed by atoms with Gasteiger partial charge in [-0.05, 0) is 44.4 Å². The lowest BCUT2D eigenvalue weighted by atomic mass is 10.2. The van der Waals surface area contributed by atoms with Crippen LogP contribution >= 0.6 is 0 Å². The van der Waals surface area contributed by atoms with E-state index in [4.69, 9.17) is 0 Å². The number of aromatic nitrogens is 1. The van der Waals surface area contributed by atoms with Gasteiger partial charge >= 0.3 is 0 Å². The van der Waals surface area contributed by atoms with E-state index in [2.05, 4.69) is 35.1 Å². The third-order valence-corrected chi connectivity index (χ3v) is 3.67. The van der Waals surface area contributed by atoms with E-state index >= 15 is 0 Å². The Bertz CT molecular complexity index is 359. The van der Waals surface area contributed by atoms with Crippen LogP contribution in [0, 0.1) is 6.92 Å². The van der Waals surface area contributed by atoms with Crippen molar-refractivity contribution in [3.63, 3.8) is 0 Å². The summed E-state index contributed by atoms with van der Waals surface area (Å²) in [6.45, 7) is 7.79. The quantitative estimate of drug-likeness (QED) is 0.838. The van der Waals surface area contributed by atoms with Crippen LogP contribution in [0.1, 0.15) is 38.2 Å². The van der Waals surface area contributed by atoms with Gasteiger partial charge in [0.15, 0.2) is 0 Å². The first kappa shape index (κ1) is 13.3. The first-order chi connectivity index (χ1) is 8.81. The Morgan fingerprint density at radius 1 is 1.50 bits per heavy atom. The van der Waals surface area contributed by atoms with Crippen LogP contribution in [0.5, 0.6) is 0 Å². The Kier molecular flexibility index (Phi) is 5.00. The molecule has 0 aromatic carbocycles. The van der Waals surface area contributed by atoms with Crippen molar-refractivity contribution in [3.05, 3.63) is 23.9 Å². The summed E-state index contributed by atoms with van der Waals surface area (Å²) in [6.07, 6.45) is 6.99. The number of rotatable bonds is 6. The highest BCUT2D eigenvalue weighted by molar-refractivity contribution is 5.46. The predicted molar refractivity (Wildman–Crippen MR) is 77.1 cm³/mol. The van der Waals surface area contributed by atoms with Crippen molar-refractivity contribution in [2.75, 3.05) is 24.5 Å². The zero-order chi connectivity index (χ0) is 12.8. The molecule has 1 aromatic heterocycles. The van der Waals surface area contributed by atoms with E-state index in [1.54, 1.807) is 0 Å². The highest BCUT2D eigenvalue weighted by atomic mass is 15.2. The molecule has 2 rings (SSSR count). The molecule has 0 bridgehead atoms. The summed E-state index contributed by atoms with van der Waals surface area (Å²) in [5.74, 6) is 1.17. The molecule has 1 fully saturated rings. The summed E-state index contributed by atoms with van der Waals surface area (Å²) in [6, 6.07) is 4.82. The molecule has 0 radical (unpaired) electrons. The number of aryl methyl sites for hydroxylation is 1. The highest BCUT2D eigenvalue weighted by Crippen LogP contribution is 2.18. The minimum Gasteiger partial charge on any atom is -0.355 e. The molecule has 0 spiro atoms. The van der Waals surface area contributed by atoms with Crippen LogP contribution in [0.15, 0.2) is 18.3 Å². The highest BCUT2D eigenvalue weighted by Gasteiger charge is 2.19. The van der Waals surface area contributed by atoms with Gasteiger partial charge in [-0.1, -0.05) is 19.4 Å². The molecule has 3 heteroatoms. The molecule has 100 valence electrons. The minimum absolute atomic E-state index is 0.642. The van der Waals surface area contributed by atoms with Gasteiger partial charge in [-0.2, -0.15) is 0 Å². The Morgan fingerprint density at radius 3 is 3.06 bits per heavy atom. The van der Waals surface area contributed by atoms with Crippen LogP contribution in [-0.2, 0) is 0 Å². The molecule has 0 aliphatic carbocycles. The van der Waals surface area contributed by atoms with Gasteiger partial charge in [0.25, 0.3) is 0 Å². The monoisotopic (exact) mass is 247 g/mol. The average Bonchev–Trinajstić information content (AvgIpc) is 2.88. The van der Waals surface area contributed by atoms with E-state index in [0.717, 1.165) is 13.1 Å². The summed E-state index contributed by atoms with van der Waals surface area (Å²) in [7, 11) is 0. The topological polar surface area (TPSA) is 28.2 Å². The zero-order valence-corrected chi connectivity index (χ0v) is 11.7. The van der Waals surface area contributed by atoms with Gasteiger partial charge in [0.1, 0.15) is 5.82 Å². The summed E-state index contributed by atoms with van der Waals surface area (Å²) in [5, 5.41) is 3.58. The lowest BCUT2D eigenvalue weighted by Crippen LogP contribution is -2.38. The maximum atomic E-state index is 4.57. The Labute approximate surface area is 111 Å². The van der Waals surface area contributed by atoms with E-state index in [9.17, 15) is 0 Å². The number of hydrogen-bond donors (Lipinski definition) is 1. The van der Waals surface area contributed by atoms with E-state index in [1.807, 2.05) is 12.3 Å². The normalized spacial score (nSPS) is 19.1. The van der Waals surface area contributed by atoms with Gasteiger partial charge < -0.3 is 10.2 Å². The molecule has 0 saturated carbocycles. The second-order valence-electron chi connectivity index (χ2n) is 5.24. The third-order valence-electron chi connectivity index (χ3n) is 3.67. The molecule has 1 unspecified atom stereocenters. The van der Waals surface area contributed by atoms with Crippen molar-refractivity contribution in [2.45, 2.75) is 45.6 Å². The molecule has 1 aliphatic rings. The largest absolute Gasteiger partial charge is 0.355 e. The summed E-state index contributed by atoms with van der Waals surface area (Å²) in [4.78, 5) is 7.03. The Hall–Kier alpha value is -1.09. The van der Waals surface area contributed by atoms with Gasteiger partial charge in [0, 0.05) is 25.3 Å². The van der Waals surface area contributed by atoms with E-state index in [1.165, 1.54) is 43.6 Å². The van der Waals surface area contributed by atoms with Crippen LogP contribution in [0.2, 0.25) is 0 Å². The van der Waals surface area contributed by atoms with Crippen molar-refractivity contribution in [3.8, 4) is 0 Å². The molecule has 1 atom stereocenters. The first-order valence-corrected chi connectivity index (χ1v) is 7.21. The summed E-state index contributed by atoms with van der Waals surface area (Å²) in [5.41, 5.74) is 1.28. The third kappa shape index (κ3) is 3.45. The molecule has 1 aromatic rings. The fraction of sp³-hybridized carbons (Fsp3) is 0.667. The summed E-state index contributed by atoms with van der Waals surface area (Å²) < 4.78 is 0. The molecule has 3 nitrogen and oxygen atoms in total.